The zero-order valence-electron chi connectivity index (χ0n) is 12.1. The molecule has 2 aliphatic heterocycles. The fraction of sp³-hybridized carbons (Fsp3) is 0.867. The van der Waals surface area contributed by atoms with Gasteiger partial charge in [0.25, 0.3) is 0 Å². The average molecular weight is 280 g/mol. The minimum atomic E-state index is -0.194. The summed E-state index contributed by atoms with van der Waals surface area (Å²) in [4.78, 5) is 28.3. The van der Waals surface area contributed by atoms with Crippen molar-refractivity contribution in [3.8, 4) is 0 Å². The number of hydrogen-bond donors (Lipinski definition) is 1. The molecule has 3 aliphatic rings. The van der Waals surface area contributed by atoms with Crippen LogP contribution in [0.5, 0.6) is 0 Å². The Balaban J connectivity index is 1.61. The first-order chi connectivity index (χ1) is 9.60. The molecule has 0 aromatic rings. The molecule has 2 amide bonds. The molecule has 3 atom stereocenters. The van der Waals surface area contributed by atoms with Crippen LogP contribution in [-0.4, -0.2) is 59.0 Å². The monoisotopic (exact) mass is 280 g/mol. The van der Waals surface area contributed by atoms with E-state index in [-0.39, 0.29) is 30.4 Å². The van der Waals surface area contributed by atoms with Gasteiger partial charge in [-0.25, -0.2) is 0 Å². The molecule has 0 radical (unpaired) electrons. The second-order valence-electron chi connectivity index (χ2n) is 6.69. The Morgan fingerprint density at radius 2 is 2.10 bits per heavy atom. The fourth-order valence-electron chi connectivity index (χ4n) is 3.52. The van der Waals surface area contributed by atoms with Gasteiger partial charge in [0.1, 0.15) is 0 Å². The van der Waals surface area contributed by atoms with Gasteiger partial charge in [-0.05, 0) is 31.1 Å². The van der Waals surface area contributed by atoms with Crippen LogP contribution in [0.25, 0.3) is 0 Å². The van der Waals surface area contributed by atoms with Gasteiger partial charge in [-0.1, -0.05) is 6.92 Å². The molecule has 3 unspecified atom stereocenters. The zero-order valence-corrected chi connectivity index (χ0v) is 12.1. The molecule has 0 bridgehead atoms. The van der Waals surface area contributed by atoms with Crippen molar-refractivity contribution in [3.05, 3.63) is 0 Å². The largest absolute Gasteiger partial charge is 0.394 e. The molecule has 2 saturated heterocycles. The number of aliphatic hydroxyl groups excluding tert-OH is 1. The molecule has 20 heavy (non-hydrogen) atoms. The lowest BCUT2D eigenvalue weighted by atomic mass is 10.0. The van der Waals surface area contributed by atoms with Crippen LogP contribution in [0.2, 0.25) is 0 Å². The summed E-state index contributed by atoms with van der Waals surface area (Å²) in [5.41, 5.74) is 0. The Hall–Kier alpha value is -1.10. The van der Waals surface area contributed by atoms with Crippen LogP contribution in [0.15, 0.2) is 0 Å². The third-order valence-corrected chi connectivity index (χ3v) is 5.09. The van der Waals surface area contributed by atoms with Crippen LogP contribution in [0.1, 0.15) is 32.6 Å². The Bertz CT molecular complexity index is 408. The summed E-state index contributed by atoms with van der Waals surface area (Å²) in [5, 5.41) is 9.46. The van der Waals surface area contributed by atoms with Crippen LogP contribution in [-0.2, 0) is 9.59 Å². The third-order valence-electron chi connectivity index (χ3n) is 5.09. The number of nitrogens with zero attached hydrogens (tertiary/aromatic N) is 2. The maximum atomic E-state index is 12.6. The number of carbonyl (C=O) groups is 2. The lowest BCUT2D eigenvalue weighted by Crippen LogP contribution is -2.43. The summed E-state index contributed by atoms with van der Waals surface area (Å²) in [5.74, 6) is 1.03. The van der Waals surface area contributed by atoms with E-state index in [1.807, 2.05) is 9.80 Å². The molecule has 3 fully saturated rings. The molecule has 2 heterocycles. The van der Waals surface area contributed by atoms with Gasteiger partial charge in [-0.3, -0.25) is 9.59 Å². The first-order valence-corrected chi connectivity index (χ1v) is 7.79. The predicted octanol–water partition coefficient (Wildman–Crippen LogP) is 0.474. The lowest BCUT2D eigenvalue weighted by molar-refractivity contribution is -0.137. The lowest BCUT2D eigenvalue weighted by Gasteiger charge is -2.27. The van der Waals surface area contributed by atoms with Gasteiger partial charge < -0.3 is 14.9 Å². The molecule has 1 saturated carbocycles. The number of hydrogen-bond acceptors (Lipinski definition) is 3. The number of amides is 2. The highest BCUT2D eigenvalue weighted by molar-refractivity contribution is 5.89. The molecule has 5 heteroatoms. The van der Waals surface area contributed by atoms with Crippen molar-refractivity contribution in [2.45, 2.75) is 38.6 Å². The molecular formula is C15H24N2O3. The zero-order chi connectivity index (χ0) is 14.3. The summed E-state index contributed by atoms with van der Waals surface area (Å²) in [6.45, 7) is 4.24. The highest BCUT2D eigenvalue weighted by Crippen LogP contribution is 2.33. The predicted molar refractivity (Wildman–Crippen MR) is 73.8 cm³/mol. The minimum absolute atomic E-state index is 0.0271. The molecule has 0 spiro atoms. The van der Waals surface area contributed by atoms with Crippen molar-refractivity contribution in [1.82, 2.24) is 9.80 Å². The van der Waals surface area contributed by atoms with Gasteiger partial charge in [-0.2, -0.15) is 0 Å². The number of rotatable bonds is 4. The first kappa shape index (κ1) is 13.9. The summed E-state index contributed by atoms with van der Waals surface area (Å²) in [6, 6.07) is -0.0601. The highest BCUT2D eigenvalue weighted by atomic mass is 16.3. The van der Waals surface area contributed by atoms with E-state index in [1.165, 1.54) is 12.8 Å². The van der Waals surface area contributed by atoms with E-state index in [0.29, 0.717) is 24.8 Å². The highest BCUT2D eigenvalue weighted by Gasteiger charge is 2.42. The van der Waals surface area contributed by atoms with E-state index in [0.717, 1.165) is 19.5 Å². The summed E-state index contributed by atoms with van der Waals surface area (Å²) in [7, 11) is 0. The topological polar surface area (TPSA) is 60.9 Å². The van der Waals surface area contributed by atoms with E-state index in [2.05, 4.69) is 6.92 Å². The van der Waals surface area contributed by atoms with Crippen LogP contribution < -0.4 is 0 Å². The van der Waals surface area contributed by atoms with Crippen molar-refractivity contribution in [3.63, 3.8) is 0 Å². The van der Waals surface area contributed by atoms with Gasteiger partial charge in [0.15, 0.2) is 0 Å². The van der Waals surface area contributed by atoms with E-state index < -0.39 is 0 Å². The molecule has 3 rings (SSSR count). The SMILES string of the molecule is CC1CCN(C(=O)C2CC(=O)N(CC3CC3)C2)C1CO. The van der Waals surface area contributed by atoms with Gasteiger partial charge in [0.05, 0.1) is 18.6 Å². The van der Waals surface area contributed by atoms with Crippen LogP contribution in [0.3, 0.4) is 0 Å². The second kappa shape index (κ2) is 5.35. The summed E-state index contributed by atoms with van der Waals surface area (Å²) in [6.07, 6.45) is 3.75. The molecular weight excluding hydrogens is 256 g/mol. The van der Waals surface area contributed by atoms with Crippen LogP contribution in [0, 0.1) is 17.8 Å². The quantitative estimate of drug-likeness (QED) is 0.814. The fourth-order valence-corrected chi connectivity index (χ4v) is 3.52. The standard InChI is InChI=1S/C15H24N2O3/c1-10-4-5-17(13(10)9-18)15(20)12-6-14(19)16(8-12)7-11-2-3-11/h10-13,18H,2-9H2,1H3. The van der Waals surface area contributed by atoms with Gasteiger partial charge in [0, 0.05) is 26.1 Å². The number of aliphatic hydroxyl groups is 1. The Morgan fingerprint density at radius 3 is 2.75 bits per heavy atom. The summed E-state index contributed by atoms with van der Waals surface area (Å²) >= 11 is 0. The van der Waals surface area contributed by atoms with Gasteiger partial charge in [-0.15, -0.1) is 0 Å². The van der Waals surface area contributed by atoms with Crippen molar-refractivity contribution in [1.29, 1.82) is 0 Å². The normalized spacial score (nSPS) is 34.1. The van der Waals surface area contributed by atoms with Crippen molar-refractivity contribution in [2.24, 2.45) is 17.8 Å². The van der Waals surface area contributed by atoms with Crippen LogP contribution >= 0.6 is 0 Å². The van der Waals surface area contributed by atoms with Crippen LogP contribution in [0.4, 0.5) is 0 Å². The first-order valence-electron chi connectivity index (χ1n) is 7.79. The van der Waals surface area contributed by atoms with E-state index in [4.69, 9.17) is 0 Å². The molecule has 0 aromatic heterocycles. The number of likely N-dealkylation sites (tertiary alicyclic amines) is 2. The second-order valence-corrected chi connectivity index (χ2v) is 6.69. The minimum Gasteiger partial charge on any atom is -0.394 e. The molecule has 1 aliphatic carbocycles. The molecule has 112 valence electrons. The Morgan fingerprint density at radius 1 is 1.35 bits per heavy atom. The Labute approximate surface area is 119 Å². The molecule has 5 nitrogen and oxygen atoms in total. The Kier molecular flexibility index (Phi) is 3.71. The average Bonchev–Trinajstić information content (AvgIpc) is 3.06. The van der Waals surface area contributed by atoms with Gasteiger partial charge >= 0.3 is 0 Å². The maximum Gasteiger partial charge on any atom is 0.228 e. The van der Waals surface area contributed by atoms with E-state index >= 15 is 0 Å². The van der Waals surface area contributed by atoms with Crippen molar-refractivity contribution < 1.29 is 14.7 Å². The third kappa shape index (κ3) is 2.55. The van der Waals surface area contributed by atoms with Crippen molar-refractivity contribution >= 4 is 11.8 Å². The maximum absolute atomic E-state index is 12.6. The van der Waals surface area contributed by atoms with Gasteiger partial charge in [0.2, 0.25) is 11.8 Å². The molecule has 0 aromatic carbocycles. The number of carbonyl (C=O) groups excluding carboxylic acids is 2. The summed E-state index contributed by atoms with van der Waals surface area (Å²) < 4.78 is 0. The van der Waals surface area contributed by atoms with E-state index in [9.17, 15) is 14.7 Å². The van der Waals surface area contributed by atoms with E-state index in [1.54, 1.807) is 0 Å². The smallest absolute Gasteiger partial charge is 0.228 e. The molecule has 1 N–H and O–H groups in total. The van der Waals surface area contributed by atoms with Crippen molar-refractivity contribution in [2.75, 3.05) is 26.2 Å².